The van der Waals surface area contributed by atoms with Gasteiger partial charge in [-0.25, -0.2) is 8.78 Å². The Bertz CT molecular complexity index is 516. The van der Waals surface area contributed by atoms with E-state index in [2.05, 4.69) is 4.98 Å². The topological polar surface area (TPSA) is 15.8 Å². The predicted octanol–water partition coefficient (Wildman–Crippen LogP) is 3.85. The molecule has 0 bridgehead atoms. The molecule has 0 saturated carbocycles. The maximum Gasteiger partial charge on any atom is 0.246 e. The van der Waals surface area contributed by atoms with E-state index in [1.54, 1.807) is 0 Å². The molecule has 1 heterocycles. The highest BCUT2D eigenvalue weighted by atomic mass is 19.3. The van der Waals surface area contributed by atoms with Gasteiger partial charge >= 0.3 is 0 Å². The zero-order valence-electron chi connectivity index (χ0n) is 8.84. The lowest BCUT2D eigenvalue weighted by atomic mass is 9.87. The molecule has 3 rings (SSSR count). The molecular weight excluding hydrogens is 208 g/mol. The van der Waals surface area contributed by atoms with Gasteiger partial charge in [-0.15, -0.1) is 0 Å². The number of rotatable bonds is 1. The lowest BCUT2D eigenvalue weighted by molar-refractivity contribution is 0.104. The van der Waals surface area contributed by atoms with Gasteiger partial charge in [0.15, 0.2) is 0 Å². The van der Waals surface area contributed by atoms with Crippen molar-refractivity contribution in [3.8, 4) is 0 Å². The minimum atomic E-state index is -2.26. The Balaban J connectivity index is 2.21. The van der Waals surface area contributed by atoms with Crippen LogP contribution in [0.25, 0.3) is 10.9 Å². The van der Waals surface area contributed by atoms with E-state index < -0.39 is 12.3 Å². The number of halogens is 2. The molecule has 2 aromatic rings. The van der Waals surface area contributed by atoms with E-state index >= 15 is 0 Å². The van der Waals surface area contributed by atoms with Crippen molar-refractivity contribution in [2.75, 3.05) is 0 Å². The molecule has 0 radical (unpaired) electrons. The normalized spacial score (nSPS) is 20.3. The highest BCUT2D eigenvalue weighted by Gasteiger charge is 2.30. The van der Waals surface area contributed by atoms with Crippen molar-refractivity contribution in [3.63, 3.8) is 0 Å². The number of nitrogens with one attached hydrogen (secondary N) is 1. The molecule has 0 spiro atoms. The van der Waals surface area contributed by atoms with Crippen LogP contribution in [-0.2, 0) is 6.42 Å². The molecule has 0 aliphatic heterocycles. The van der Waals surface area contributed by atoms with Crippen LogP contribution in [0.1, 0.15) is 30.0 Å². The zero-order valence-corrected chi connectivity index (χ0v) is 8.84. The Morgan fingerprint density at radius 1 is 1.25 bits per heavy atom. The quantitative estimate of drug-likeness (QED) is 0.752. The standard InChI is InChI=1S/C13H13F2N/c14-13(15)10-6-3-5-9-8-4-1-2-7-11(8)16-12(9)10/h1-2,4,7,10,13,16H,3,5-6H2. The van der Waals surface area contributed by atoms with Crippen LogP contribution in [0.2, 0.25) is 0 Å². The van der Waals surface area contributed by atoms with E-state index in [1.807, 2.05) is 24.3 Å². The van der Waals surface area contributed by atoms with Crippen molar-refractivity contribution >= 4 is 10.9 Å². The lowest BCUT2D eigenvalue weighted by Gasteiger charge is -2.21. The Morgan fingerprint density at radius 3 is 2.88 bits per heavy atom. The van der Waals surface area contributed by atoms with Crippen LogP contribution in [-0.4, -0.2) is 11.4 Å². The third-order valence-corrected chi connectivity index (χ3v) is 3.46. The highest BCUT2D eigenvalue weighted by molar-refractivity contribution is 5.85. The van der Waals surface area contributed by atoms with E-state index in [0.29, 0.717) is 6.42 Å². The molecule has 1 nitrogen and oxygen atoms in total. The number of H-pyrrole nitrogens is 1. The maximum absolute atomic E-state index is 12.9. The Morgan fingerprint density at radius 2 is 2.06 bits per heavy atom. The average Bonchev–Trinajstić information content (AvgIpc) is 2.67. The third kappa shape index (κ3) is 1.34. The van der Waals surface area contributed by atoms with Gasteiger partial charge in [0.05, 0.1) is 5.92 Å². The molecule has 1 aliphatic rings. The molecule has 0 fully saturated rings. The average molecular weight is 221 g/mol. The largest absolute Gasteiger partial charge is 0.358 e. The van der Waals surface area contributed by atoms with Gasteiger partial charge in [-0.2, -0.15) is 0 Å². The lowest BCUT2D eigenvalue weighted by Crippen LogP contribution is -2.16. The number of hydrogen-bond donors (Lipinski definition) is 1. The molecule has 3 heteroatoms. The van der Waals surface area contributed by atoms with Crippen molar-refractivity contribution in [2.24, 2.45) is 0 Å². The number of alkyl halides is 2. The third-order valence-electron chi connectivity index (χ3n) is 3.46. The van der Waals surface area contributed by atoms with Crippen molar-refractivity contribution in [1.29, 1.82) is 0 Å². The Hall–Kier alpha value is -1.38. The van der Waals surface area contributed by atoms with Gasteiger partial charge in [-0.3, -0.25) is 0 Å². The summed E-state index contributed by atoms with van der Waals surface area (Å²) in [6.07, 6.45) is 0.122. The van der Waals surface area contributed by atoms with Gasteiger partial charge < -0.3 is 4.98 Å². The molecule has 84 valence electrons. The molecule has 1 N–H and O–H groups in total. The van der Waals surface area contributed by atoms with Gasteiger partial charge in [0.25, 0.3) is 0 Å². The number of fused-ring (bicyclic) bond motifs is 3. The highest BCUT2D eigenvalue weighted by Crippen LogP contribution is 2.38. The fraction of sp³-hybridized carbons (Fsp3) is 0.385. The summed E-state index contributed by atoms with van der Waals surface area (Å²) >= 11 is 0. The first-order valence-corrected chi connectivity index (χ1v) is 5.65. The number of hydrogen-bond acceptors (Lipinski definition) is 0. The van der Waals surface area contributed by atoms with Crippen LogP contribution in [0.3, 0.4) is 0 Å². The van der Waals surface area contributed by atoms with Gasteiger partial charge in [-0.05, 0) is 30.9 Å². The molecule has 16 heavy (non-hydrogen) atoms. The van der Waals surface area contributed by atoms with Crippen LogP contribution >= 0.6 is 0 Å². The number of para-hydroxylation sites is 1. The van der Waals surface area contributed by atoms with E-state index in [9.17, 15) is 8.78 Å². The van der Waals surface area contributed by atoms with Crippen molar-refractivity contribution in [3.05, 3.63) is 35.5 Å². The van der Waals surface area contributed by atoms with E-state index in [4.69, 9.17) is 0 Å². The first kappa shape index (κ1) is 9.82. The van der Waals surface area contributed by atoms with Crippen LogP contribution < -0.4 is 0 Å². The summed E-state index contributed by atoms with van der Waals surface area (Å²) in [5.74, 6) is -0.601. The van der Waals surface area contributed by atoms with Crippen molar-refractivity contribution in [2.45, 2.75) is 31.6 Å². The first-order valence-electron chi connectivity index (χ1n) is 5.65. The van der Waals surface area contributed by atoms with Crippen molar-refractivity contribution in [1.82, 2.24) is 4.98 Å². The van der Waals surface area contributed by atoms with Crippen LogP contribution in [0.4, 0.5) is 8.78 Å². The number of aromatic nitrogens is 1. The molecule has 0 amide bonds. The van der Waals surface area contributed by atoms with E-state index in [1.165, 1.54) is 0 Å². The summed E-state index contributed by atoms with van der Waals surface area (Å²) in [5, 5.41) is 1.11. The monoisotopic (exact) mass is 221 g/mol. The second-order valence-electron chi connectivity index (χ2n) is 4.40. The summed E-state index contributed by atoms with van der Waals surface area (Å²) < 4.78 is 25.8. The number of benzene rings is 1. The molecule has 1 atom stereocenters. The van der Waals surface area contributed by atoms with Crippen molar-refractivity contribution < 1.29 is 8.78 Å². The van der Waals surface area contributed by atoms with Gasteiger partial charge in [0.1, 0.15) is 0 Å². The predicted molar refractivity (Wildman–Crippen MR) is 60.0 cm³/mol. The zero-order chi connectivity index (χ0) is 11.1. The fourth-order valence-electron chi connectivity index (χ4n) is 2.70. The van der Waals surface area contributed by atoms with Crippen LogP contribution in [0, 0.1) is 0 Å². The SMILES string of the molecule is FC(F)C1CCCc2c1[nH]c1ccccc21. The summed E-state index contributed by atoms with van der Waals surface area (Å²) in [4.78, 5) is 3.17. The summed E-state index contributed by atoms with van der Waals surface area (Å²) in [7, 11) is 0. The molecular formula is C13H13F2N. The summed E-state index contributed by atoms with van der Waals surface area (Å²) in [6, 6.07) is 7.86. The molecule has 1 unspecified atom stereocenters. The number of aromatic amines is 1. The second kappa shape index (κ2) is 3.58. The van der Waals surface area contributed by atoms with Gasteiger partial charge in [-0.1, -0.05) is 18.2 Å². The fourth-order valence-corrected chi connectivity index (χ4v) is 2.70. The Labute approximate surface area is 92.5 Å². The summed E-state index contributed by atoms with van der Waals surface area (Å²) in [6.45, 7) is 0. The van der Waals surface area contributed by atoms with E-state index in [0.717, 1.165) is 35.0 Å². The minimum Gasteiger partial charge on any atom is -0.358 e. The van der Waals surface area contributed by atoms with E-state index in [-0.39, 0.29) is 0 Å². The maximum atomic E-state index is 12.9. The molecule has 1 aromatic carbocycles. The second-order valence-corrected chi connectivity index (χ2v) is 4.40. The minimum absolute atomic E-state index is 0.595. The first-order chi connectivity index (χ1) is 7.77. The Kier molecular flexibility index (Phi) is 2.20. The molecule has 0 saturated heterocycles. The van der Waals surface area contributed by atoms with Crippen LogP contribution in [0.5, 0.6) is 0 Å². The smallest absolute Gasteiger partial charge is 0.246 e. The molecule has 1 aliphatic carbocycles. The van der Waals surface area contributed by atoms with Crippen LogP contribution in [0.15, 0.2) is 24.3 Å². The summed E-state index contributed by atoms with van der Waals surface area (Å²) in [5.41, 5.74) is 2.86. The number of aryl methyl sites for hydroxylation is 1. The van der Waals surface area contributed by atoms with Gasteiger partial charge in [0.2, 0.25) is 6.43 Å². The van der Waals surface area contributed by atoms with Gasteiger partial charge in [0, 0.05) is 16.6 Å². The molecule has 1 aromatic heterocycles.